The van der Waals surface area contributed by atoms with Crippen LogP contribution in [-0.2, 0) is 0 Å². The van der Waals surface area contributed by atoms with Crippen LogP contribution in [0.25, 0.3) is 0 Å². The Morgan fingerprint density at radius 2 is 2.00 bits per heavy atom. The summed E-state index contributed by atoms with van der Waals surface area (Å²) >= 11 is 2.11. The third-order valence-electron chi connectivity index (χ3n) is 3.72. The van der Waals surface area contributed by atoms with Gasteiger partial charge in [-0.2, -0.15) is 11.8 Å². The first-order valence-corrected chi connectivity index (χ1v) is 7.00. The van der Waals surface area contributed by atoms with Gasteiger partial charge in [-0.25, -0.2) is 0 Å². The summed E-state index contributed by atoms with van der Waals surface area (Å²) in [5.41, 5.74) is 6.40. The average Bonchev–Trinajstić information content (AvgIpc) is 2.39. The van der Waals surface area contributed by atoms with Gasteiger partial charge in [0, 0.05) is 18.8 Å². The number of hydrogen-bond donors (Lipinski definition) is 1. The molecule has 1 aliphatic carbocycles. The van der Waals surface area contributed by atoms with Gasteiger partial charge in [-0.1, -0.05) is 6.42 Å². The number of hydrogen-bond acceptors (Lipinski definition) is 3. The Kier molecular flexibility index (Phi) is 3.74. The Balaban J connectivity index is 1.82. The highest BCUT2D eigenvalue weighted by molar-refractivity contribution is 7.99. The molecule has 14 heavy (non-hydrogen) atoms. The normalized spacial score (nSPS) is 28.1. The summed E-state index contributed by atoms with van der Waals surface area (Å²) < 4.78 is 0. The predicted octanol–water partition coefficient (Wildman–Crippen LogP) is 1.55. The molecule has 0 unspecified atom stereocenters. The molecular weight excluding hydrogens is 192 g/mol. The molecule has 0 radical (unpaired) electrons. The minimum atomic E-state index is 0.509. The highest BCUT2D eigenvalue weighted by Crippen LogP contribution is 2.40. The third-order valence-corrected chi connectivity index (χ3v) is 4.77. The Bertz CT molecular complexity index is 167. The molecule has 0 bridgehead atoms. The molecule has 0 atom stereocenters. The maximum Gasteiger partial charge on any atom is 0.00726 e. The quantitative estimate of drug-likeness (QED) is 0.773. The Labute approximate surface area is 91.6 Å². The first kappa shape index (κ1) is 10.8. The van der Waals surface area contributed by atoms with Crippen LogP contribution in [0, 0.1) is 5.41 Å². The zero-order chi connectivity index (χ0) is 9.86. The van der Waals surface area contributed by atoms with Crippen molar-refractivity contribution in [2.45, 2.75) is 25.7 Å². The second kappa shape index (κ2) is 4.86. The lowest BCUT2D eigenvalue weighted by Crippen LogP contribution is -2.47. The smallest absolute Gasteiger partial charge is 0.00726 e. The van der Waals surface area contributed by atoms with E-state index in [0.29, 0.717) is 5.41 Å². The molecule has 0 aromatic rings. The molecule has 3 heteroatoms. The standard InChI is InChI=1S/C11H22N2S/c12-9-11(3-1-4-11)10-13-5-2-7-14-8-6-13/h1-10,12H2. The van der Waals surface area contributed by atoms with Crippen molar-refractivity contribution < 1.29 is 0 Å². The molecule has 2 N–H and O–H groups in total. The molecule has 0 spiro atoms. The number of nitrogens with two attached hydrogens (primary N) is 1. The van der Waals surface area contributed by atoms with Crippen molar-refractivity contribution in [3.05, 3.63) is 0 Å². The van der Waals surface area contributed by atoms with E-state index in [2.05, 4.69) is 16.7 Å². The number of rotatable bonds is 3. The highest BCUT2D eigenvalue weighted by atomic mass is 32.2. The third kappa shape index (κ3) is 2.44. The van der Waals surface area contributed by atoms with Gasteiger partial charge in [0.15, 0.2) is 0 Å². The second-order valence-electron chi connectivity index (χ2n) is 4.80. The molecule has 2 aliphatic rings. The molecule has 0 amide bonds. The van der Waals surface area contributed by atoms with Crippen LogP contribution in [0.2, 0.25) is 0 Å². The van der Waals surface area contributed by atoms with Crippen molar-refractivity contribution in [2.24, 2.45) is 11.1 Å². The van der Waals surface area contributed by atoms with Crippen LogP contribution in [0.1, 0.15) is 25.7 Å². The zero-order valence-corrected chi connectivity index (χ0v) is 9.82. The minimum Gasteiger partial charge on any atom is -0.330 e. The van der Waals surface area contributed by atoms with Gasteiger partial charge >= 0.3 is 0 Å². The van der Waals surface area contributed by atoms with Crippen molar-refractivity contribution in [1.29, 1.82) is 0 Å². The lowest BCUT2D eigenvalue weighted by Gasteiger charge is -2.44. The van der Waals surface area contributed by atoms with Gasteiger partial charge in [-0.05, 0) is 43.5 Å². The van der Waals surface area contributed by atoms with E-state index in [-0.39, 0.29) is 0 Å². The molecule has 1 saturated heterocycles. The van der Waals surface area contributed by atoms with E-state index < -0.39 is 0 Å². The molecule has 1 saturated carbocycles. The number of nitrogens with zero attached hydrogens (tertiary/aromatic N) is 1. The molecule has 2 fully saturated rings. The van der Waals surface area contributed by atoms with E-state index in [9.17, 15) is 0 Å². The van der Waals surface area contributed by atoms with Crippen LogP contribution in [0.5, 0.6) is 0 Å². The van der Waals surface area contributed by atoms with E-state index in [1.165, 1.54) is 56.8 Å². The van der Waals surface area contributed by atoms with Gasteiger partial charge in [0.25, 0.3) is 0 Å². The molecule has 82 valence electrons. The fourth-order valence-corrected chi connectivity index (χ4v) is 3.46. The Morgan fingerprint density at radius 3 is 2.64 bits per heavy atom. The molecule has 2 rings (SSSR count). The second-order valence-corrected chi connectivity index (χ2v) is 6.02. The van der Waals surface area contributed by atoms with Crippen molar-refractivity contribution >= 4 is 11.8 Å². The van der Waals surface area contributed by atoms with Crippen molar-refractivity contribution in [2.75, 3.05) is 37.7 Å². The average molecular weight is 214 g/mol. The van der Waals surface area contributed by atoms with Crippen LogP contribution in [0.15, 0.2) is 0 Å². The molecule has 1 aliphatic heterocycles. The van der Waals surface area contributed by atoms with Crippen LogP contribution in [-0.4, -0.2) is 42.6 Å². The molecule has 2 nitrogen and oxygen atoms in total. The molecule has 0 aromatic heterocycles. The first-order chi connectivity index (χ1) is 6.85. The maximum atomic E-state index is 5.89. The SMILES string of the molecule is NCC1(CN2CCCSCC2)CCC1. The van der Waals surface area contributed by atoms with E-state index in [0.717, 1.165) is 6.54 Å². The van der Waals surface area contributed by atoms with Gasteiger partial charge in [0.05, 0.1) is 0 Å². The van der Waals surface area contributed by atoms with Gasteiger partial charge < -0.3 is 10.6 Å². The minimum absolute atomic E-state index is 0.509. The zero-order valence-electron chi connectivity index (χ0n) is 9.00. The molecular formula is C11H22N2S. The summed E-state index contributed by atoms with van der Waals surface area (Å²) in [5.74, 6) is 2.67. The summed E-state index contributed by atoms with van der Waals surface area (Å²) in [6, 6.07) is 0. The summed E-state index contributed by atoms with van der Waals surface area (Å²) in [5, 5.41) is 0. The van der Waals surface area contributed by atoms with Crippen LogP contribution in [0.3, 0.4) is 0 Å². The summed E-state index contributed by atoms with van der Waals surface area (Å²) in [6.07, 6.45) is 5.51. The lowest BCUT2D eigenvalue weighted by molar-refractivity contribution is 0.0788. The monoisotopic (exact) mass is 214 g/mol. The fraction of sp³-hybridized carbons (Fsp3) is 1.00. The Morgan fingerprint density at radius 1 is 1.14 bits per heavy atom. The largest absolute Gasteiger partial charge is 0.330 e. The molecule has 0 aromatic carbocycles. The van der Waals surface area contributed by atoms with Crippen molar-refractivity contribution in [1.82, 2.24) is 4.90 Å². The topological polar surface area (TPSA) is 29.3 Å². The Hall–Kier alpha value is 0.270. The van der Waals surface area contributed by atoms with Gasteiger partial charge in [-0.15, -0.1) is 0 Å². The van der Waals surface area contributed by atoms with Crippen molar-refractivity contribution in [3.8, 4) is 0 Å². The predicted molar refractivity (Wildman–Crippen MR) is 63.7 cm³/mol. The fourth-order valence-electron chi connectivity index (χ4n) is 2.53. The van der Waals surface area contributed by atoms with Crippen molar-refractivity contribution in [3.63, 3.8) is 0 Å². The van der Waals surface area contributed by atoms with Gasteiger partial charge in [0.1, 0.15) is 0 Å². The summed E-state index contributed by atoms with van der Waals surface area (Å²) in [6.45, 7) is 4.75. The van der Waals surface area contributed by atoms with Gasteiger partial charge in [-0.3, -0.25) is 0 Å². The number of thioether (sulfide) groups is 1. The molecule has 1 heterocycles. The van der Waals surface area contributed by atoms with E-state index in [1.54, 1.807) is 0 Å². The van der Waals surface area contributed by atoms with Crippen LogP contribution in [0.4, 0.5) is 0 Å². The van der Waals surface area contributed by atoms with E-state index in [1.807, 2.05) is 0 Å². The van der Waals surface area contributed by atoms with Gasteiger partial charge in [0.2, 0.25) is 0 Å². The van der Waals surface area contributed by atoms with E-state index in [4.69, 9.17) is 5.73 Å². The maximum absolute atomic E-state index is 5.89. The summed E-state index contributed by atoms with van der Waals surface area (Å²) in [7, 11) is 0. The lowest BCUT2D eigenvalue weighted by atomic mass is 9.68. The summed E-state index contributed by atoms with van der Waals surface area (Å²) in [4.78, 5) is 2.64. The first-order valence-electron chi connectivity index (χ1n) is 5.85. The highest BCUT2D eigenvalue weighted by Gasteiger charge is 2.36. The van der Waals surface area contributed by atoms with E-state index >= 15 is 0 Å². The van der Waals surface area contributed by atoms with Crippen LogP contribution < -0.4 is 5.73 Å². The van der Waals surface area contributed by atoms with Crippen LogP contribution >= 0.6 is 11.8 Å².